The van der Waals surface area contributed by atoms with Crippen molar-refractivity contribution in [3.05, 3.63) is 29.8 Å². The van der Waals surface area contributed by atoms with Gasteiger partial charge >= 0.3 is 6.03 Å². The molecule has 0 aliphatic heterocycles. The summed E-state index contributed by atoms with van der Waals surface area (Å²) in [6.45, 7) is 1.94. The summed E-state index contributed by atoms with van der Waals surface area (Å²) in [5.41, 5.74) is 1.81. The number of amides is 2. The second kappa shape index (κ2) is 3.94. The van der Waals surface area contributed by atoms with Crippen LogP contribution in [0.3, 0.4) is 0 Å². The average molecular weight is 177 g/mol. The first-order valence-electron chi connectivity index (χ1n) is 4.06. The molecule has 3 nitrogen and oxygen atoms in total. The molecule has 0 spiro atoms. The van der Waals surface area contributed by atoms with Gasteiger partial charge in [0, 0.05) is 19.8 Å². The van der Waals surface area contributed by atoms with Crippen LogP contribution in [0.25, 0.3) is 0 Å². The van der Waals surface area contributed by atoms with Crippen LogP contribution in [0.4, 0.5) is 10.5 Å². The Kier molecular flexibility index (Phi) is 2.90. The summed E-state index contributed by atoms with van der Waals surface area (Å²) >= 11 is 0. The molecule has 0 aromatic heterocycles. The Bertz CT molecular complexity index is 308. The molecule has 0 aliphatic carbocycles. The van der Waals surface area contributed by atoms with Crippen LogP contribution in [0.5, 0.6) is 0 Å². The van der Waals surface area contributed by atoms with Crippen LogP contribution >= 0.6 is 0 Å². The lowest BCUT2D eigenvalue weighted by Crippen LogP contribution is -2.27. The number of rotatable bonds is 1. The standard InChI is InChI=1S/C10H13N2O/c1-8-5-4-6-9(7-8)11-10(13)12(2)3/h4,6-7H,1-3H3,(H,11,13). The highest BCUT2D eigenvalue weighted by Gasteiger charge is 2.02. The van der Waals surface area contributed by atoms with Crippen molar-refractivity contribution >= 4 is 11.7 Å². The Hall–Kier alpha value is -1.51. The highest BCUT2D eigenvalue weighted by molar-refractivity contribution is 5.88. The largest absolute Gasteiger partial charge is 0.331 e. The van der Waals surface area contributed by atoms with Crippen molar-refractivity contribution in [2.24, 2.45) is 0 Å². The van der Waals surface area contributed by atoms with E-state index in [1.54, 1.807) is 20.2 Å². The second-order valence-electron chi connectivity index (χ2n) is 3.08. The molecule has 3 heteroatoms. The van der Waals surface area contributed by atoms with E-state index >= 15 is 0 Å². The highest BCUT2D eigenvalue weighted by atomic mass is 16.2. The van der Waals surface area contributed by atoms with Gasteiger partial charge in [-0.1, -0.05) is 6.07 Å². The van der Waals surface area contributed by atoms with Crippen LogP contribution in [-0.4, -0.2) is 25.0 Å². The smallest absolute Gasteiger partial charge is 0.321 e. The number of hydrogen-bond acceptors (Lipinski definition) is 1. The molecule has 1 radical (unpaired) electrons. The van der Waals surface area contributed by atoms with Crippen LogP contribution in [0.2, 0.25) is 0 Å². The third kappa shape index (κ3) is 2.78. The normalized spacial score (nSPS) is 9.46. The van der Waals surface area contributed by atoms with Gasteiger partial charge in [-0.2, -0.15) is 0 Å². The van der Waals surface area contributed by atoms with E-state index in [2.05, 4.69) is 11.4 Å². The number of hydrogen-bond donors (Lipinski definition) is 1. The molecule has 1 aromatic rings. The topological polar surface area (TPSA) is 32.3 Å². The highest BCUT2D eigenvalue weighted by Crippen LogP contribution is 2.08. The lowest BCUT2D eigenvalue weighted by atomic mass is 10.2. The van der Waals surface area contributed by atoms with E-state index in [1.165, 1.54) is 4.90 Å². The monoisotopic (exact) mass is 177 g/mol. The Balaban J connectivity index is 2.69. The number of carbonyl (C=O) groups is 1. The number of anilines is 1. The summed E-state index contributed by atoms with van der Waals surface area (Å²) in [7, 11) is 3.41. The third-order valence-corrected chi connectivity index (χ3v) is 1.60. The zero-order valence-electron chi connectivity index (χ0n) is 8.09. The van der Waals surface area contributed by atoms with Gasteiger partial charge in [0.2, 0.25) is 0 Å². The zero-order valence-corrected chi connectivity index (χ0v) is 8.09. The van der Waals surface area contributed by atoms with Crippen molar-refractivity contribution in [1.29, 1.82) is 0 Å². The van der Waals surface area contributed by atoms with E-state index in [0.29, 0.717) is 0 Å². The number of nitrogens with one attached hydrogen (secondary N) is 1. The number of carbonyl (C=O) groups excluding carboxylic acids is 1. The summed E-state index contributed by atoms with van der Waals surface area (Å²) in [6.07, 6.45) is 0. The second-order valence-corrected chi connectivity index (χ2v) is 3.08. The van der Waals surface area contributed by atoms with E-state index in [9.17, 15) is 4.79 Å². The summed E-state index contributed by atoms with van der Waals surface area (Å²) in [5.74, 6) is 0. The molecule has 2 amide bonds. The van der Waals surface area contributed by atoms with E-state index in [4.69, 9.17) is 0 Å². The minimum atomic E-state index is -0.120. The van der Waals surface area contributed by atoms with Crippen LogP contribution < -0.4 is 5.32 Å². The fourth-order valence-corrected chi connectivity index (χ4v) is 0.899. The molecule has 0 saturated carbocycles. The van der Waals surface area contributed by atoms with Gasteiger partial charge in [-0.3, -0.25) is 0 Å². The molecule has 1 aromatic carbocycles. The predicted octanol–water partition coefficient (Wildman–Crippen LogP) is 1.89. The van der Waals surface area contributed by atoms with Crippen LogP contribution in [-0.2, 0) is 0 Å². The number of nitrogens with zero attached hydrogens (tertiary/aromatic N) is 1. The molecule has 1 N–H and O–H groups in total. The van der Waals surface area contributed by atoms with Gasteiger partial charge in [-0.05, 0) is 30.7 Å². The molecule has 1 rings (SSSR count). The first kappa shape index (κ1) is 9.58. The minimum absolute atomic E-state index is 0.120. The lowest BCUT2D eigenvalue weighted by molar-refractivity contribution is 0.230. The quantitative estimate of drug-likeness (QED) is 0.698. The minimum Gasteiger partial charge on any atom is -0.331 e. The first-order valence-corrected chi connectivity index (χ1v) is 4.06. The van der Waals surface area contributed by atoms with Crippen LogP contribution in [0, 0.1) is 13.0 Å². The third-order valence-electron chi connectivity index (χ3n) is 1.60. The Morgan fingerprint density at radius 2 is 2.23 bits per heavy atom. The van der Waals surface area contributed by atoms with Gasteiger partial charge < -0.3 is 10.2 Å². The molecule has 0 bridgehead atoms. The zero-order chi connectivity index (χ0) is 9.84. The van der Waals surface area contributed by atoms with Crippen LogP contribution in [0.15, 0.2) is 18.2 Å². The van der Waals surface area contributed by atoms with Crippen molar-refractivity contribution in [2.45, 2.75) is 6.92 Å². The molecule has 69 valence electrons. The van der Waals surface area contributed by atoms with E-state index < -0.39 is 0 Å². The van der Waals surface area contributed by atoms with E-state index in [0.717, 1.165) is 11.3 Å². The van der Waals surface area contributed by atoms with Gasteiger partial charge in [0.1, 0.15) is 0 Å². The maximum absolute atomic E-state index is 11.2. The molecule has 0 fully saturated rings. The summed E-state index contributed by atoms with van der Waals surface area (Å²) in [4.78, 5) is 12.7. The summed E-state index contributed by atoms with van der Waals surface area (Å²) in [5, 5.41) is 2.75. The van der Waals surface area contributed by atoms with Crippen molar-refractivity contribution < 1.29 is 4.79 Å². The molecule has 0 heterocycles. The maximum atomic E-state index is 11.2. The summed E-state index contributed by atoms with van der Waals surface area (Å²) < 4.78 is 0. The van der Waals surface area contributed by atoms with Gasteiger partial charge in [-0.25, -0.2) is 4.79 Å². The maximum Gasteiger partial charge on any atom is 0.321 e. The van der Waals surface area contributed by atoms with Crippen LogP contribution in [0.1, 0.15) is 5.56 Å². The lowest BCUT2D eigenvalue weighted by Gasteiger charge is -2.11. The van der Waals surface area contributed by atoms with Gasteiger partial charge in [0.15, 0.2) is 0 Å². The molecule has 0 atom stereocenters. The Morgan fingerprint density at radius 3 is 2.77 bits per heavy atom. The molecule has 0 unspecified atom stereocenters. The molecule has 0 aliphatic rings. The van der Waals surface area contributed by atoms with E-state index in [1.807, 2.05) is 19.1 Å². The predicted molar refractivity (Wildman–Crippen MR) is 52.7 cm³/mol. The first-order chi connectivity index (χ1) is 6.09. The number of aryl methyl sites for hydroxylation is 1. The van der Waals surface area contributed by atoms with Crippen molar-refractivity contribution in [3.8, 4) is 0 Å². The fourth-order valence-electron chi connectivity index (χ4n) is 0.899. The molecular weight excluding hydrogens is 164 g/mol. The summed E-state index contributed by atoms with van der Waals surface area (Å²) in [6, 6.07) is 8.37. The molecule has 0 saturated heterocycles. The number of urea groups is 1. The van der Waals surface area contributed by atoms with Gasteiger partial charge in [-0.15, -0.1) is 0 Å². The molecular formula is C10H13N2O. The van der Waals surface area contributed by atoms with E-state index in [-0.39, 0.29) is 6.03 Å². The SMILES string of the molecule is Cc1[c]ccc(NC(=O)N(C)C)c1. The Morgan fingerprint density at radius 1 is 1.54 bits per heavy atom. The van der Waals surface area contributed by atoms with Crippen molar-refractivity contribution in [1.82, 2.24) is 4.90 Å². The Labute approximate surface area is 78.4 Å². The van der Waals surface area contributed by atoms with Gasteiger partial charge in [0.25, 0.3) is 0 Å². The van der Waals surface area contributed by atoms with Crippen molar-refractivity contribution in [3.63, 3.8) is 0 Å². The van der Waals surface area contributed by atoms with Crippen molar-refractivity contribution in [2.75, 3.05) is 19.4 Å². The van der Waals surface area contributed by atoms with Gasteiger partial charge in [0.05, 0.1) is 0 Å². The fraction of sp³-hybridized carbons (Fsp3) is 0.300. The average Bonchev–Trinajstić information content (AvgIpc) is 2.04. The number of benzene rings is 1. The molecule has 13 heavy (non-hydrogen) atoms.